The summed E-state index contributed by atoms with van der Waals surface area (Å²) in [5.74, 6) is -10.5. The smallest absolute Gasteiger partial charge is 0.322 e. The Bertz CT molecular complexity index is 1030. The largest absolute Gasteiger partial charge is 0.548 e. The number of hydrogen-bond acceptors (Lipinski definition) is 14. The Morgan fingerprint density at radius 3 is 1.67 bits per heavy atom. The lowest BCUT2D eigenvalue weighted by Crippen LogP contribution is -2.51. The van der Waals surface area contributed by atoms with Gasteiger partial charge in [-0.2, -0.15) is 0 Å². The molecule has 0 spiro atoms. The van der Waals surface area contributed by atoms with Crippen LogP contribution in [0.4, 0.5) is 0 Å². The van der Waals surface area contributed by atoms with E-state index in [0.717, 1.165) is 0 Å². The zero-order chi connectivity index (χ0) is 32.4. The SMILES string of the molecule is NC(CCC(=O)NC(CS[S+](CC(NC(=O)CCC(N)C(=O)O)C(=O)NCC(=O)O)N=O)C(=O)NCC(=O)O)C(=O)[O-]. The Balaban J connectivity index is 5.56. The molecule has 5 unspecified atom stereocenters. The average Bonchev–Trinajstić information content (AvgIpc) is 2.92. The van der Waals surface area contributed by atoms with Gasteiger partial charge in [-0.15, -0.1) is 0 Å². The number of carbonyl (C=O) groups excluding carboxylic acids is 5. The number of nitroso groups, excluding NO2 is 1. The molecule has 0 saturated carbocycles. The van der Waals surface area contributed by atoms with Gasteiger partial charge in [-0.3, -0.25) is 33.6 Å². The Labute approximate surface area is 243 Å². The molecule has 236 valence electrons. The van der Waals surface area contributed by atoms with Crippen LogP contribution >= 0.6 is 10.8 Å². The molecule has 0 aromatic rings. The van der Waals surface area contributed by atoms with E-state index in [0.29, 0.717) is 10.8 Å². The second-order valence-electron chi connectivity index (χ2n) is 8.26. The molecule has 0 aliphatic rings. The quantitative estimate of drug-likeness (QED) is 0.0302. The van der Waals surface area contributed by atoms with E-state index >= 15 is 0 Å². The molecule has 0 bridgehead atoms. The highest BCUT2D eigenvalue weighted by Crippen LogP contribution is 2.21. The third-order valence-electron chi connectivity index (χ3n) is 4.88. The van der Waals surface area contributed by atoms with Gasteiger partial charge in [0.2, 0.25) is 33.7 Å². The van der Waals surface area contributed by atoms with E-state index in [1.165, 1.54) is 0 Å². The first-order valence-corrected chi connectivity index (χ1v) is 14.6. The van der Waals surface area contributed by atoms with Crippen LogP contribution < -0.4 is 37.8 Å². The normalized spacial score (nSPS) is 14.1. The fraction of sp³-hybridized carbons (Fsp3) is 0.600. The molecule has 11 N–H and O–H groups in total. The predicted molar refractivity (Wildman–Crippen MR) is 143 cm³/mol. The summed E-state index contributed by atoms with van der Waals surface area (Å²) in [6, 6.07) is -5.86. The molecule has 0 aliphatic carbocycles. The molecule has 0 aromatic heterocycles. The predicted octanol–water partition coefficient (Wildman–Crippen LogP) is -5.65. The number of hydrogen-bond donors (Lipinski definition) is 9. The molecule has 0 aromatic carbocycles. The van der Waals surface area contributed by atoms with Gasteiger partial charge < -0.3 is 58.0 Å². The number of rotatable bonds is 22. The molecule has 0 aliphatic heterocycles. The van der Waals surface area contributed by atoms with E-state index in [1.807, 2.05) is 10.6 Å². The zero-order valence-electron chi connectivity index (χ0n) is 21.8. The van der Waals surface area contributed by atoms with Gasteiger partial charge in [0.05, 0.1) is 11.7 Å². The fourth-order valence-corrected chi connectivity index (χ4v) is 5.63. The standard InChI is InChI=1S/C20H31N7O13S2/c21-9(19(36)37)1-3-13(28)25-11(17(34)23-5-15(30)31)7-41-42(27-40)8-12(18(35)24-6-16(32)33)26-14(29)4-2-10(22)20(38)39/h9-12H,1-8,21-22H2,(H7-,23,24,25,26,28,29,30,31,32,33,34,35,36,37,38,39). The van der Waals surface area contributed by atoms with Crippen LogP contribution in [-0.2, 0) is 48.5 Å². The third-order valence-corrected chi connectivity index (χ3v) is 8.22. The highest BCUT2D eigenvalue weighted by Gasteiger charge is 2.36. The second kappa shape index (κ2) is 20.0. The minimum Gasteiger partial charge on any atom is -0.548 e. The van der Waals surface area contributed by atoms with Gasteiger partial charge >= 0.3 is 17.9 Å². The first-order chi connectivity index (χ1) is 19.6. The average molecular weight is 642 g/mol. The van der Waals surface area contributed by atoms with Gasteiger partial charge in [-0.25, -0.2) is 0 Å². The summed E-state index contributed by atoms with van der Waals surface area (Å²) in [6.07, 6.45) is -1.55. The van der Waals surface area contributed by atoms with Crippen LogP contribution in [0.15, 0.2) is 4.58 Å². The first-order valence-electron chi connectivity index (χ1n) is 11.8. The van der Waals surface area contributed by atoms with Crippen molar-refractivity contribution in [3.63, 3.8) is 0 Å². The van der Waals surface area contributed by atoms with Crippen LogP contribution in [0.25, 0.3) is 0 Å². The summed E-state index contributed by atoms with van der Waals surface area (Å²) in [4.78, 5) is 104. The van der Waals surface area contributed by atoms with Gasteiger partial charge in [0.1, 0.15) is 36.0 Å². The van der Waals surface area contributed by atoms with E-state index < -0.39 is 119 Å². The van der Waals surface area contributed by atoms with E-state index in [4.69, 9.17) is 26.8 Å². The van der Waals surface area contributed by atoms with E-state index in [-0.39, 0.29) is 12.8 Å². The number of nitrogens with two attached hydrogens (primary N) is 2. The lowest BCUT2D eigenvalue weighted by atomic mass is 10.1. The molecule has 5 atom stereocenters. The third kappa shape index (κ3) is 16.9. The second-order valence-corrected chi connectivity index (χ2v) is 11.8. The molecule has 0 saturated heterocycles. The Morgan fingerprint density at radius 2 is 1.24 bits per heavy atom. The Morgan fingerprint density at radius 1 is 0.786 bits per heavy atom. The lowest BCUT2D eigenvalue weighted by molar-refractivity contribution is -0.307. The van der Waals surface area contributed by atoms with Gasteiger partial charge in [-0.05, 0) is 12.8 Å². The zero-order valence-corrected chi connectivity index (χ0v) is 23.4. The van der Waals surface area contributed by atoms with E-state index in [1.54, 1.807) is 0 Å². The van der Waals surface area contributed by atoms with Crippen molar-refractivity contribution in [1.29, 1.82) is 0 Å². The molecular weight excluding hydrogens is 610 g/mol. The number of nitrogens with zero attached hydrogens (tertiary/aromatic N) is 1. The van der Waals surface area contributed by atoms with Gasteiger partial charge in [0.15, 0.2) is 16.4 Å². The number of aliphatic carboxylic acids is 4. The molecule has 22 heteroatoms. The number of nitrogens with one attached hydrogen (secondary N) is 4. The molecule has 0 radical (unpaired) electrons. The van der Waals surface area contributed by atoms with Crippen LogP contribution in [-0.4, -0.2) is 112 Å². The fourth-order valence-electron chi connectivity index (χ4n) is 2.67. The minimum absolute atomic E-state index is 0.308. The summed E-state index contributed by atoms with van der Waals surface area (Å²) in [6.45, 7) is -1.67. The van der Waals surface area contributed by atoms with Crippen molar-refractivity contribution in [2.24, 2.45) is 16.0 Å². The minimum atomic E-state index is -1.72. The topological polar surface area (TPSA) is 350 Å². The molecular formula is C20H31N7O13S2. The molecule has 4 amide bonds. The van der Waals surface area contributed by atoms with Gasteiger partial charge in [0, 0.05) is 18.9 Å². The number of amides is 4. The Hall–Kier alpha value is -4.02. The van der Waals surface area contributed by atoms with Crippen LogP contribution in [0.3, 0.4) is 0 Å². The summed E-state index contributed by atoms with van der Waals surface area (Å²) in [7, 11) is -1.09. The summed E-state index contributed by atoms with van der Waals surface area (Å²) >= 11 is 0. The van der Waals surface area contributed by atoms with Crippen molar-refractivity contribution >= 4 is 68.4 Å². The maximum atomic E-state index is 12.5. The highest BCUT2D eigenvalue weighted by molar-refractivity contribution is 8.73. The van der Waals surface area contributed by atoms with Crippen molar-refractivity contribution < 1.29 is 58.8 Å². The van der Waals surface area contributed by atoms with Crippen molar-refractivity contribution in [1.82, 2.24) is 21.3 Å². The highest BCUT2D eigenvalue weighted by atomic mass is 33.1. The van der Waals surface area contributed by atoms with Crippen molar-refractivity contribution in [3.05, 3.63) is 4.91 Å². The monoisotopic (exact) mass is 641 g/mol. The number of carbonyl (C=O) groups is 8. The van der Waals surface area contributed by atoms with Gasteiger partial charge in [0.25, 0.3) is 0 Å². The molecule has 0 heterocycles. The van der Waals surface area contributed by atoms with E-state index in [2.05, 4.69) is 15.2 Å². The Kier molecular flexibility index (Phi) is 18.0. The maximum Gasteiger partial charge on any atom is 0.322 e. The molecule has 0 fully saturated rings. The summed E-state index contributed by atoms with van der Waals surface area (Å²) in [5.41, 5.74) is 10.6. The van der Waals surface area contributed by atoms with Crippen LogP contribution in [0.1, 0.15) is 25.7 Å². The van der Waals surface area contributed by atoms with Crippen LogP contribution in [0.2, 0.25) is 0 Å². The maximum absolute atomic E-state index is 12.5. The lowest BCUT2D eigenvalue weighted by Gasteiger charge is -2.18. The van der Waals surface area contributed by atoms with Gasteiger partial charge in [-0.1, -0.05) is 4.91 Å². The van der Waals surface area contributed by atoms with Crippen molar-refractivity contribution in [2.75, 3.05) is 24.6 Å². The van der Waals surface area contributed by atoms with Crippen molar-refractivity contribution in [2.45, 2.75) is 49.9 Å². The summed E-state index contributed by atoms with van der Waals surface area (Å²) in [5, 5.41) is 45.7. The van der Waals surface area contributed by atoms with E-state index in [9.17, 15) is 48.4 Å². The molecule has 0 rings (SSSR count). The molecule has 42 heavy (non-hydrogen) atoms. The van der Waals surface area contributed by atoms with Crippen LogP contribution in [0.5, 0.6) is 0 Å². The first kappa shape index (κ1) is 38.0. The van der Waals surface area contributed by atoms with Crippen molar-refractivity contribution in [3.8, 4) is 0 Å². The summed E-state index contributed by atoms with van der Waals surface area (Å²) < 4.78 is 2.84. The number of carboxylic acid groups (broad SMARTS) is 4. The van der Waals surface area contributed by atoms with Crippen LogP contribution in [0, 0.1) is 4.91 Å². The molecule has 20 nitrogen and oxygen atoms in total. The number of carboxylic acids is 4.